The van der Waals surface area contributed by atoms with Crippen LogP contribution in [0.2, 0.25) is 0 Å². The van der Waals surface area contributed by atoms with Crippen LogP contribution in [0.25, 0.3) is 88.4 Å². The standard InChI is InChI=1S/C36H26N2.C18H14BNO2.C18H14BrN/c1-2-8-26(9-3-1)27-14-20-30(21-15-27)37-31-22-16-28(17-23-31)29-18-24-32(25-19-29)38-35-12-6-4-10-33(35)34-11-5-7-13-36(34)38;21-19(22)13-9-11-14(12-10-13)20-17-7-3-1-5-15(17)16-6-2-4-8-18(16)20;19-16-8-12-18(13-9-16)20-17-10-6-15(7-11-17)14-4-2-1-3-5-14/h1-25,37H;1-12,21-22H;1-13,20H. The van der Waals surface area contributed by atoms with Crippen molar-refractivity contribution in [2.75, 3.05) is 10.6 Å². The monoisotopic (exact) mass is 1100 g/mol. The maximum atomic E-state index is 9.24. The first-order chi connectivity index (χ1) is 39.4. The Bertz CT molecular complexity index is 4230. The maximum Gasteiger partial charge on any atom is 0.488 e. The number of hydrogen-bond acceptors (Lipinski definition) is 4. The van der Waals surface area contributed by atoms with Gasteiger partial charge in [0.15, 0.2) is 0 Å². The minimum Gasteiger partial charge on any atom is -0.423 e. The number of nitrogens with zero attached hydrogens (tertiary/aromatic N) is 2. The van der Waals surface area contributed by atoms with Gasteiger partial charge >= 0.3 is 7.12 Å². The quantitative estimate of drug-likeness (QED) is 0.103. The number of anilines is 4. The molecular formula is C72H54BBrN4O2. The summed E-state index contributed by atoms with van der Waals surface area (Å²) in [5.41, 5.74) is 19.0. The van der Waals surface area contributed by atoms with Gasteiger partial charge in [-0.1, -0.05) is 210 Å². The van der Waals surface area contributed by atoms with Crippen molar-refractivity contribution in [2.24, 2.45) is 0 Å². The summed E-state index contributed by atoms with van der Waals surface area (Å²) in [5, 5.41) is 30.4. The molecule has 0 atom stereocenters. The number of hydrogen-bond donors (Lipinski definition) is 4. The Hall–Kier alpha value is -9.70. The molecule has 12 aromatic carbocycles. The second-order valence-corrected chi connectivity index (χ2v) is 20.4. The molecule has 0 bridgehead atoms. The van der Waals surface area contributed by atoms with E-state index in [2.05, 4.69) is 266 Å². The van der Waals surface area contributed by atoms with Crippen LogP contribution in [0, 0.1) is 0 Å². The molecule has 2 aromatic heterocycles. The Balaban J connectivity index is 0.000000129. The van der Waals surface area contributed by atoms with Crippen LogP contribution in [0.1, 0.15) is 0 Å². The summed E-state index contributed by atoms with van der Waals surface area (Å²) in [4.78, 5) is 0. The average molecular weight is 1100 g/mol. The van der Waals surface area contributed by atoms with Crippen LogP contribution in [0.4, 0.5) is 22.7 Å². The van der Waals surface area contributed by atoms with E-state index >= 15 is 0 Å². The largest absolute Gasteiger partial charge is 0.488 e. The average Bonchev–Trinajstić information content (AvgIpc) is 4.06. The van der Waals surface area contributed by atoms with Gasteiger partial charge in [-0.15, -0.1) is 0 Å². The summed E-state index contributed by atoms with van der Waals surface area (Å²) in [7, 11) is -1.44. The van der Waals surface area contributed by atoms with Gasteiger partial charge in [0, 0.05) is 60.1 Å². The molecule has 0 aliphatic rings. The first kappa shape index (κ1) is 51.1. The summed E-state index contributed by atoms with van der Waals surface area (Å²) < 4.78 is 5.63. The molecule has 80 heavy (non-hydrogen) atoms. The first-order valence-electron chi connectivity index (χ1n) is 26.6. The van der Waals surface area contributed by atoms with Crippen LogP contribution in [0.5, 0.6) is 0 Å². The second-order valence-electron chi connectivity index (χ2n) is 19.5. The van der Waals surface area contributed by atoms with Crippen molar-refractivity contribution < 1.29 is 10.0 Å². The molecule has 2 heterocycles. The van der Waals surface area contributed by atoms with Crippen LogP contribution in [-0.4, -0.2) is 26.3 Å². The molecule has 0 spiro atoms. The second kappa shape index (κ2) is 23.5. The molecule has 384 valence electrons. The van der Waals surface area contributed by atoms with E-state index in [1.54, 1.807) is 12.1 Å². The van der Waals surface area contributed by atoms with Gasteiger partial charge in [0.25, 0.3) is 0 Å². The van der Waals surface area contributed by atoms with Gasteiger partial charge in [-0.25, -0.2) is 0 Å². The van der Waals surface area contributed by atoms with Crippen molar-refractivity contribution in [3.05, 3.63) is 308 Å². The van der Waals surface area contributed by atoms with E-state index in [0.29, 0.717) is 5.46 Å². The van der Waals surface area contributed by atoms with Crippen molar-refractivity contribution >= 4 is 94.9 Å². The van der Waals surface area contributed by atoms with Gasteiger partial charge in [-0.2, -0.15) is 0 Å². The van der Waals surface area contributed by atoms with Crippen molar-refractivity contribution in [3.63, 3.8) is 0 Å². The maximum absolute atomic E-state index is 9.24. The van der Waals surface area contributed by atoms with E-state index in [4.69, 9.17) is 0 Å². The van der Waals surface area contributed by atoms with E-state index < -0.39 is 7.12 Å². The zero-order valence-electron chi connectivity index (χ0n) is 43.6. The van der Waals surface area contributed by atoms with E-state index in [1.807, 2.05) is 60.7 Å². The lowest BCUT2D eigenvalue weighted by molar-refractivity contribution is 0.426. The summed E-state index contributed by atoms with van der Waals surface area (Å²) in [6, 6.07) is 105. The van der Waals surface area contributed by atoms with E-state index in [1.165, 1.54) is 71.6 Å². The molecule has 14 aromatic rings. The molecule has 0 radical (unpaired) electrons. The SMILES string of the molecule is Brc1ccc(Nc2ccc(-c3ccccc3)cc2)cc1.OB(O)c1ccc(-n2c3ccccc3c3ccccc32)cc1.c1ccc(-c2ccc(Nc3ccc(-c4ccc(-n5c6ccccc6c6ccccc65)cc4)cc3)cc2)cc1. The third-order valence-electron chi connectivity index (χ3n) is 14.4. The molecule has 0 amide bonds. The Labute approximate surface area is 474 Å². The number of aromatic nitrogens is 2. The summed E-state index contributed by atoms with van der Waals surface area (Å²) in [6.07, 6.45) is 0. The van der Waals surface area contributed by atoms with E-state index in [9.17, 15) is 10.0 Å². The number of fused-ring (bicyclic) bond motifs is 6. The number of para-hydroxylation sites is 4. The molecule has 0 fully saturated rings. The molecule has 0 aliphatic heterocycles. The fraction of sp³-hybridized carbons (Fsp3) is 0. The highest BCUT2D eigenvalue weighted by atomic mass is 79.9. The van der Waals surface area contributed by atoms with Gasteiger partial charge in [0.2, 0.25) is 0 Å². The topological polar surface area (TPSA) is 74.4 Å². The first-order valence-corrected chi connectivity index (χ1v) is 27.4. The lowest BCUT2D eigenvalue weighted by atomic mass is 9.80. The number of benzene rings is 12. The predicted molar refractivity (Wildman–Crippen MR) is 341 cm³/mol. The highest BCUT2D eigenvalue weighted by Gasteiger charge is 2.15. The summed E-state index contributed by atoms with van der Waals surface area (Å²) in [6.45, 7) is 0. The smallest absolute Gasteiger partial charge is 0.423 e. The van der Waals surface area contributed by atoms with Crippen molar-refractivity contribution in [2.45, 2.75) is 0 Å². The Morgan fingerprint density at radius 2 is 0.512 bits per heavy atom. The third-order valence-corrected chi connectivity index (χ3v) is 14.9. The molecule has 8 heteroatoms. The minimum absolute atomic E-state index is 0.490. The fourth-order valence-electron chi connectivity index (χ4n) is 10.4. The van der Waals surface area contributed by atoms with Crippen LogP contribution < -0.4 is 16.1 Å². The Morgan fingerprint density at radius 3 is 0.825 bits per heavy atom. The van der Waals surface area contributed by atoms with Crippen molar-refractivity contribution in [3.8, 4) is 44.8 Å². The van der Waals surface area contributed by atoms with E-state index in [-0.39, 0.29) is 0 Å². The zero-order chi connectivity index (χ0) is 54.2. The molecule has 0 saturated heterocycles. The summed E-state index contributed by atoms with van der Waals surface area (Å²) >= 11 is 3.44. The number of halogens is 1. The molecular weight excluding hydrogens is 1040 g/mol. The lowest BCUT2D eigenvalue weighted by Crippen LogP contribution is -2.29. The van der Waals surface area contributed by atoms with Crippen LogP contribution in [0.3, 0.4) is 0 Å². The van der Waals surface area contributed by atoms with Gasteiger partial charge < -0.3 is 29.8 Å². The Morgan fingerprint density at radius 1 is 0.263 bits per heavy atom. The summed E-state index contributed by atoms with van der Waals surface area (Å²) in [5.74, 6) is 0. The van der Waals surface area contributed by atoms with Crippen molar-refractivity contribution in [1.82, 2.24) is 9.13 Å². The van der Waals surface area contributed by atoms with E-state index in [0.717, 1.165) is 43.9 Å². The van der Waals surface area contributed by atoms with Gasteiger partial charge in [0.1, 0.15) is 0 Å². The third kappa shape index (κ3) is 11.2. The van der Waals surface area contributed by atoms with Crippen LogP contribution >= 0.6 is 15.9 Å². The fourth-order valence-corrected chi connectivity index (χ4v) is 10.6. The van der Waals surface area contributed by atoms with Crippen LogP contribution in [0.15, 0.2) is 308 Å². The zero-order valence-corrected chi connectivity index (χ0v) is 45.2. The molecule has 0 saturated carbocycles. The number of rotatable bonds is 10. The van der Waals surface area contributed by atoms with Crippen LogP contribution in [-0.2, 0) is 0 Å². The molecule has 14 rings (SSSR count). The highest BCUT2D eigenvalue weighted by molar-refractivity contribution is 9.10. The molecule has 6 nitrogen and oxygen atoms in total. The van der Waals surface area contributed by atoms with Gasteiger partial charge in [0.05, 0.1) is 22.1 Å². The van der Waals surface area contributed by atoms with Crippen molar-refractivity contribution in [1.29, 1.82) is 0 Å². The van der Waals surface area contributed by atoms with Gasteiger partial charge in [-0.05, 0) is 148 Å². The van der Waals surface area contributed by atoms with Gasteiger partial charge in [-0.3, -0.25) is 0 Å². The molecule has 0 unspecified atom stereocenters. The lowest BCUT2D eigenvalue weighted by Gasteiger charge is -2.11. The molecule has 0 aliphatic carbocycles. The predicted octanol–water partition coefficient (Wildman–Crippen LogP) is 18.2. The minimum atomic E-state index is -1.44. The Kier molecular flexibility index (Phi) is 15.0. The normalized spacial score (nSPS) is 10.9. The molecule has 4 N–H and O–H groups in total. The highest BCUT2D eigenvalue weighted by Crippen LogP contribution is 2.35. The number of nitrogens with one attached hydrogen (secondary N) is 2.